The Labute approximate surface area is 147 Å². The van der Waals surface area contributed by atoms with Crippen LogP contribution >= 0.6 is 11.6 Å². The van der Waals surface area contributed by atoms with Crippen LogP contribution in [0.2, 0.25) is 5.02 Å². The van der Waals surface area contributed by atoms with E-state index in [0.29, 0.717) is 10.7 Å². The van der Waals surface area contributed by atoms with Gasteiger partial charge in [0.1, 0.15) is 11.4 Å². The lowest BCUT2D eigenvalue weighted by Gasteiger charge is -2.40. The number of halogens is 2. The largest absolute Gasteiger partial charge is 0.444 e. The predicted octanol–water partition coefficient (Wildman–Crippen LogP) is 4.82. The molecule has 0 spiro atoms. The van der Waals surface area contributed by atoms with Gasteiger partial charge in [-0.25, -0.2) is 9.18 Å². The molecule has 132 valence electrons. The van der Waals surface area contributed by atoms with Crippen molar-refractivity contribution in [1.82, 2.24) is 4.90 Å². The minimum atomic E-state index is -0.488. The molecular weight excluding hydrogens is 331 g/mol. The molecule has 24 heavy (non-hydrogen) atoms. The molecule has 2 fully saturated rings. The maximum absolute atomic E-state index is 14.0. The Hall–Kier alpha value is -1.49. The fourth-order valence-corrected chi connectivity index (χ4v) is 3.89. The van der Waals surface area contributed by atoms with Crippen LogP contribution in [-0.4, -0.2) is 34.7 Å². The van der Waals surface area contributed by atoms with E-state index in [0.717, 1.165) is 25.7 Å². The second kappa shape index (κ2) is 6.43. The highest BCUT2D eigenvalue weighted by atomic mass is 35.5. The zero-order valence-electron chi connectivity index (χ0n) is 14.3. The maximum Gasteiger partial charge on any atom is 0.410 e. The van der Waals surface area contributed by atoms with Crippen molar-refractivity contribution in [1.29, 1.82) is 0 Å². The minimum absolute atomic E-state index is 0.150. The highest BCUT2D eigenvalue weighted by Crippen LogP contribution is 2.38. The zero-order chi connectivity index (χ0) is 17.5. The molecule has 2 saturated heterocycles. The number of amides is 1. The molecule has 2 heterocycles. The number of benzene rings is 1. The molecule has 0 aliphatic carbocycles. The molecule has 4 nitrogen and oxygen atoms in total. The van der Waals surface area contributed by atoms with Crippen molar-refractivity contribution in [3.63, 3.8) is 0 Å². The normalized spacial score (nSPS) is 26.4. The first-order chi connectivity index (χ1) is 11.2. The average Bonchev–Trinajstić information content (AvgIpc) is 2.72. The molecule has 6 heteroatoms. The number of carbonyl (C=O) groups excluding carboxylic acids is 1. The Balaban J connectivity index is 1.66. The molecular formula is C18H24ClFN2O2. The molecule has 2 aliphatic heterocycles. The van der Waals surface area contributed by atoms with E-state index in [1.807, 2.05) is 25.7 Å². The van der Waals surface area contributed by atoms with E-state index in [1.54, 1.807) is 12.1 Å². The van der Waals surface area contributed by atoms with Crippen LogP contribution in [0.3, 0.4) is 0 Å². The van der Waals surface area contributed by atoms with Crippen molar-refractivity contribution in [3.05, 3.63) is 29.0 Å². The summed E-state index contributed by atoms with van der Waals surface area (Å²) in [6.07, 6.45) is 3.33. The molecule has 3 rings (SSSR count). The van der Waals surface area contributed by atoms with Gasteiger partial charge in [-0.3, -0.25) is 0 Å². The minimum Gasteiger partial charge on any atom is -0.444 e. The molecule has 2 atom stereocenters. The van der Waals surface area contributed by atoms with Crippen molar-refractivity contribution >= 4 is 23.4 Å². The number of ether oxygens (including phenoxy) is 1. The SMILES string of the molecule is CC(C)(C)OC(=O)N1C2CCC1CC(Nc1ccc(Cl)cc1F)C2. The fourth-order valence-electron chi connectivity index (χ4n) is 3.73. The standard InChI is InChI=1S/C18H24ClFN2O2/c1-18(2,3)24-17(23)22-13-5-6-14(22)10-12(9-13)21-16-7-4-11(19)8-15(16)20/h4,7-8,12-14,21H,5-6,9-10H2,1-3H3. The molecule has 2 unspecified atom stereocenters. The smallest absolute Gasteiger partial charge is 0.410 e. The van der Waals surface area contributed by atoms with Gasteiger partial charge in [-0.05, 0) is 64.7 Å². The van der Waals surface area contributed by atoms with Gasteiger partial charge in [-0.1, -0.05) is 11.6 Å². The number of piperidine rings is 1. The van der Waals surface area contributed by atoms with Crippen LogP contribution in [0.4, 0.5) is 14.9 Å². The Bertz CT molecular complexity index is 618. The molecule has 1 N–H and O–H groups in total. The third-order valence-corrected chi connectivity index (χ3v) is 4.86. The quantitative estimate of drug-likeness (QED) is 0.827. The molecule has 1 amide bonds. The van der Waals surface area contributed by atoms with E-state index in [9.17, 15) is 9.18 Å². The van der Waals surface area contributed by atoms with Gasteiger partial charge in [-0.2, -0.15) is 0 Å². The summed E-state index contributed by atoms with van der Waals surface area (Å²) in [5.74, 6) is -0.343. The van der Waals surface area contributed by atoms with Gasteiger partial charge in [0.2, 0.25) is 0 Å². The topological polar surface area (TPSA) is 41.6 Å². The highest BCUT2D eigenvalue weighted by molar-refractivity contribution is 6.30. The van der Waals surface area contributed by atoms with Crippen LogP contribution in [0.5, 0.6) is 0 Å². The van der Waals surface area contributed by atoms with Crippen molar-refractivity contribution in [3.8, 4) is 0 Å². The van der Waals surface area contributed by atoms with E-state index in [4.69, 9.17) is 16.3 Å². The van der Waals surface area contributed by atoms with E-state index in [-0.39, 0.29) is 30.0 Å². The van der Waals surface area contributed by atoms with E-state index in [1.165, 1.54) is 6.07 Å². The monoisotopic (exact) mass is 354 g/mol. The zero-order valence-corrected chi connectivity index (χ0v) is 15.1. The third-order valence-electron chi connectivity index (χ3n) is 4.63. The van der Waals surface area contributed by atoms with Gasteiger partial charge >= 0.3 is 6.09 Å². The predicted molar refractivity (Wildman–Crippen MR) is 92.9 cm³/mol. The molecule has 0 aromatic heterocycles. The van der Waals surface area contributed by atoms with Gasteiger partial charge in [0, 0.05) is 23.1 Å². The van der Waals surface area contributed by atoms with Crippen molar-refractivity contribution in [2.75, 3.05) is 5.32 Å². The Morgan fingerprint density at radius 1 is 1.29 bits per heavy atom. The van der Waals surface area contributed by atoms with Crippen LogP contribution in [0.25, 0.3) is 0 Å². The number of fused-ring (bicyclic) bond motifs is 2. The van der Waals surface area contributed by atoms with Gasteiger partial charge in [0.05, 0.1) is 5.69 Å². The summed E-state index contributed by atoms with van der Waals surface area (Å²) in [5.41, 5.74) is -0.0209. The van der Waals surface area contributed by atoms with Gasteiger partial charge in [0.15, 0.2) is 0 Å². The van der Waals surface area contributed by atoms with Gasteiger partial charge < -0.3 is 15.0 Å². The molecule has 0 saturated carbocycles. The average molecular weight is 355 g/mol. The third kappa shape index (κ3) is 3.77. The Morgan fingerprint density at radius 3 is 2.46 bits per heavy atom. The number of hydrogen-bond donors (Lipinski definition) is 1. The number of anilines is 1. The van der Waals surface area contributed by atoms with Crippen molar-refractivity contribution < 1.29 is 13.9 Å². The summed E-state index contributed by atoms with van der Waals surface area (Å²) in [6, 6.07) is 5.13. The van der Waals surface area contributed by atoms with E-state index < -0.39 is 5.60 Å². The van der Waals surface area contributed by atoms with Crippen LogP contribution < -0.4 is 5.32 Å². The summed E-state index contributed by atoms with van der Waals surface area (Å²) in [6.45, 7) is 5.64. The Kier molecular flexibility index (Phi) is 4.65. The van der Waals surface area contributed by atoms with Gasteiger partial charge in [0.25, 0.3) is 0 Å². The number of nitrogens with one attached hydrogen (secondary N) is 1. The molecule has 2 bridgehead atoms. The number of hydrogen-bond acceptors (Lipinski definition) is 3. The number of rotatable bonds is 2. The van der Waals surface area contributed by atoms with Crippen LogP contribution in [0, 0.1) is 5.82 Å². The Morgan fingerprint density at radius 2 is 1.92 bits per heavy atom. The van der Waals surface area contributed by atoms with Crippen molar-refractivity contribution in [2.24, 2.45) is 0 Å². The highest BCUT2D eigenvalue weighted by Gasteiger charge is 2.44. The summed E-state index contributed by atoms with van der Waals surface area (Å²) in [4.78, 5) is 14.3. The second-order valence-electron chi connectivity index (χ2n) is 7.71. The lowest BCUT2D eigenvalue weighted by atomic mass is 9.97. The van der Waals surface area contributed by atoms with Crippen LogP contribution in [0.15, 0.2) is 18.2 Å². The second-order valence-corrected chi connectivity index (χ2v) is 8.15. The van der Waals surface area contributed by atoms with Crippen LogP contribution in [-0.2, 0) is 4.74 Å². The van der Waals surface area contributed by atoms with Crippen LogP contribution in [0.1, 0.15) is 46.5 Å². The number of carbonyl (C=O) groups is 1. The molecule has 2 aliphatic rings. The number of nitrogens with zero attached hydrogens (tertiary/aromatic N) is 1. The first-order valence-corrected chi connectivity index (χ1v) is 8.83. The summed E-state index contributed by atoms with van der Waals surface area (Å²) in [7, 11) is 0. The lowest BCUT2D eigenvalue weighted by molar-refractivity contribution is 0.00682. The molecule has 0 radical (unpaired) electrons. The van der Waals surface area contributed by atoms with E-state index >= 15 is 0 Å². The summed E-state index contributed by atoms with van der Waals surface area (Å²) < 4.78 is 19.5. The summed E-state index contributed by atoms with van der Waals surface area (Å²) in [5, 5.41) is 3.66. The molecule has 1 aromatic rings. The lowest BCUT2D eigenvalue weighted by Crippen LogP contribution is -2.51. The van der Waals surface area contributed by atoms with Crippen molar-refractivity contribution in [2.45, 2.75) is 70.2 Å². The first kappa shape index (κ1) is 17.3. The molecule has 1 aromatic carbocycles. The maximum atomic E-state index is 14.0. The summed E-state index contributed by atoms with van der Waals surface area (Å²) >= 11 is 5.80. The first-order valence-electron chi connectivity index (χ1n) is 8.46. The fraction of sp³-hybridized carbons (Fsp3) is 0.611. The van der Waals surface area contributed by atoms with E-state index in [2.05, 4.69) is 5.32 Å². The van der Waals surface area contributed by atoms with Gasteiger partial charge in [-0.15, -0.1) is 0 Å².